The Bertz CT molecular complexity index is 1300. The van der Waals surface area contributed by atoms with Gasteiger partial charge in [-0.25, -0.2) is 9.78 Å². The Hall–Kier alpha value is -3.23. The van der Waals surface area contributed by atoms with Crippen molar-refractivity contribution in [1.82, 2.24) is 9.55 Å². The smallest absolute Gasteiger partial charge is 0.490 e. The van der Waals surface area contributed by atoms with Gasteiger partial charge in [0.05, 0.1) is 24.2 Å². The number of hydrogen-bond donors (Lipinski definition) is 0. The molecule has 0 saturated heterocycles. The predicted octanol–water partition coefficient (Wildman–Crippen LogP) is 7.49. The number of imidazole rings is 1. The second-order valence-electron chi connectivity index (χ2n) is 11.3. The van der Waals surface area contributed by atoms with Crippen LogP contribution in [0, 0.1) is 11.3 Å². The third kappa shape index (κ3) is 6.42. The molecule has 0 N–H and O–H groups in total. The summed E-state index contributed by atoms with van der Waals surface area (Å²) in [6.07, 6.45) is -1.45. The summed E-state index contributed by atoms with van der Waals surface area (Å²) >= 11 is 0. The van der Waals surface area contributed by atoms with Crippen LogP contribution < -0.4 is 9.47 Å². The van der Waals surface area contributed by atoms with Gasteiger partial charge in [-0.15, -0.1) is 13.2 Å². The lowest BCUT2D eigenvalue weighted by Crippen LogP contribution is -2.30. The Labute approximate surface area is 221 Å². The molecule has 0 amide bonds. The number of carbonyl (C=O) groups is 1. The Kier molecular flexibility index (Phi) is 7.68. The minimum atomic E-state index is -4.74. The monoisotopic (exact) mass is 532 g/mol. The van der Waals surface area contributed by atoms with Gasteiger partial charge in [0.1, 0.15) is 22.9 Å². The van der Waals surface area contributed by atoms with E-state index in [9.17, 15) is 18.0 Å². The van der Waals surface area contributed by atoms with Crippen LogP contribution in [0.1, 0.15) is 81.7 Å². The molecule has 1 heterocycles. The Morgan fingerprint density at radius 2 is 1.84 bits per heavy atom. The number of fused-ring (bicyclic) bond motifs is 1. The van der Waals surface area contributed by atoms with Crippen molar-refractivity contribution in [3.05, 3.63) is 53.3 Å². The van der Waals surface area contributed by atoms with Crippen molar-refractivity contribution in [2.75, 3.05) is 7.11 Å². The number of carbonyl (C=O) groups excluding carboxylic acids is 1. The van der Waals surface area contributed by atoms with E-state index in [4.69, 9.17) is 14.5 Å². The highest BCUT2D eigenvalue weighted by Crippen LogP contribution is 2.46. The Balaban J connectivity index is 1.82. The maximum Gasteiger partial charge on any atom is 0.573 e. The molecule has 0 radical (unpaired) electrons. The second-order valence-corrected chi connectivity index (χ2v) is 11.3. The largest absolute Gasteiger partial charge is 0.573 e. The van der Waals surface area contributed by atoms with Crippen LogP contribution in [-0.4, -0.2) is 35.1 Å². The number of methoxy groups -OCH3 is 1. The molecule has 38 heavy (non-hydrogen) atoms. The van der Waals surface area contributed by atoms with Crippen molar-refractivity contribution in [2.45, 2.75) is 78.8 Å². The lowest BCUT2D eigenvalue weighted by Gasteiger charge is -2.40. The molecule has 1 aliphatic carbocycles. The number of esters is 1. The zero-order valence-corrected chi connectivity index (χ0v) is 22.7. The molecule has 0 spiro atoms. The van der Waals surface area contributed by atoms with Gasteiger partial charge in [-0.1, -0.05) is 32.9 Å². The molecule has 9 heteroatoms. The number of hydrogen-bond acceptors (Lipinski definition) is 5. The van der Waals surface area contributed by atoms with Gasteiger partial charge in [-0.05, 0) is 68.2 Å². The van der Waals surface area contributed by atoms with E-state index in [0.717, 1.165) is 36.2 Å². The molecule has 1 aromatic heterocycles. The maximum atomic E-state index is 12.6. The third-order valence-electron chi connectivity index (χ3n) is 6.88. The molecular weight excluding hydrogens is 497 g/mol. The van der Waals surface area contributed by atoms with Crippen LogP contribution in [0.2, 0.25) is 0 Å². The van der Waals surface area contributed by atoms with Crippen molar-refractivity contribution in [1.29, 1.82) is 0 Å². The predicted molar refractivity (Wildman–Crippen MR) is 139 cm³/mol. The molecule has 0 bridgehead atoms. The zero-order chi connectivity index (χ0) is 27.8. The van der Waals surface area contributed by atoms with Crippen LogP contribution in [0.4, 0.5) is 13.2 Å². The molecule has 206 valence electrons. The van der Waals surface area contributed by atoms with E-state index < -0.39 is 12.3 Å². The average molecular weight is 533 g/mol. The number of benzene rings is 2. The molecule has 6 nitrogen and oxygen atoms in total. The first-order valence-electron chi connectivity index (χ1n) is 12.9. The highest BCUT2D eigenvalue weighted by atomic mass is 19.4. The molecule has 1 unspecified atom stereocenters. The van der Waals surface area contributed by atoms with Crippen LogP contribution in [0.5, 0.6) is 11.5 Å². The second kappa shape index (κ2) is 10.5. The molecule has 1 saturated carbocycles. The number of alkyl halides is 3. The van der Waals surface area contributed by atoms with Crippen molar-refractivity contribution in [3.63, 3.8) is 0 Å². The summed E-state index contributed by atoms with van der Waals surface area (Å²) in [5, 5.41) is 0. The van der Waals surface area contributed by atoms with Gasteiger partial charge in [0.25, 0.3) is 0 Å². The third-order valence-corrected chi connectivity index (χ3v) is 6.88. The fraction of sp³-hybridized carbons (Fsp3) is 0.517. The van der Waals surface area contributed by atoms with E-state index >= 15 is 0 Å². The first-order chi connectivity index (χ1) is 17.7. The average Bonchev–Trinajstić information content (AvgIpc) is 3.13. The fourth-order valence-corrected chi connectivity index (χ4v) is 5.81. The summed E-state index contributed by atoms with van der Waals surface area (Å²) in [5.74, 6) is 0.941. The Morgan fingerprint density at radius 1 is 1.16 bits per heavy atom. The lowest BCUT2D eigenvalue weighted by molar-refractivity contribution is -0.274. The molecule has 2 atom stereocenters. The quantitative estimate of drug-likeness (QED) is 0.295. The van der Waals surface area contributed by atoms with Crippen molar-refractivity contribution in [3.8, 4) is 11.5 Å². The van der Waals surface area contributed by atoms with Gasteiger partial charge in [0.2, 0.25) is 0 Å². The number of nitrogens with zero attached hydrogens (tertiary/aromatic N) is 2. The topological polar surface area (TPSA) is 62.6 Å². The Morgan fingerprint density at radius 3 is 2.42 bits per heavy atom. The van der Waals surface area contributed by atoms with Crippen LogP contribution in [-0.2, 0) is 11.2 Å². The first kappa shape index (κ1) is 27.8. The highest BCUT2D eigenvalue weighted by Gasteiger charge is 2.35. The van der Waals surface area contributed by atoms with Crippen molar-refractivity contribution >= 4 is 17.0 Å². The van der Waals surface area contributed by atoms with E-state index in [0.29, 0.717) is 29.2 Å². The molecule has 4 rings (SSSR count). The minimum Gasteiger partial charge on any atom is -0.490 e. The summed E-state index contributed by atoms with van der Waals surface area (Å²) in [4.78, 5) is 17.5. The summed E-state index contributed by atoms with van der Waals surface area (Å²) in [5.41, 5.74) is 2.73. The lowest BCUT2D eigenvalue weighted by atomic mass is 9.70. The van der Waals surface area contributed by atoms with Crippen LogP contribution in [0.15, 0.2) is 36.4 Å². The van der Waals surface area contributed by atoms with Crippen LogP contribution in [0.3, 0.4) is 0 Å². The van der Waals surface area contributed by atoms with E-state index in [2.05, 4.69) is 30.1 Å². The number of ether oxygens (including phenoxy) is 3. The zero-order valence-electron chi connectivity index (χ0n) is 22.7. The van der Waals surface area contributed by atoms with E-state index in [-0.39, 0.29) is 23.3 Å². The number of aromatic nitrogens is 2. The standard InChI is InChI=1S/C29H35F3N2O4/c1-17(2)37-25-14-24-23(13-22(25)27(35)36-6)33-26(34(24)20-11-18(3)15-28(4,5)16-20)12-19-7-9-21(10-8-19)38-29(30,31)32/h7-10,13-14,17-18,20H,11-12,15-16H2,1-6H3/t18-,20?/m0/s1. The summed E-state index contributed by atoms with van der Waals surface area (Å²) < 4.78 is 55.1. The maximum absolute atomic E-state index is 12.6. The first-order valence-corrected chi connectivity index (χ1v) is 12.9. The summed E-state index contributed by atoms with van der Waals surface area (Å²) in [6.45, 7) is 10.6. The molecule has 2 aromatic carbocycles. The van der Waals surface area contributed by atoms with Crippen molar-refractivity contribution in [2.24, 2.45) is 11.3 Å². The van der Waals surface area contributed by atoms with Crippen LogP contribution in [0.25, 0.3) is 11.0 Å². The number of halogens is 3. The van der Waals surface area contributed by atoms with E-state index in [1.165, 1.54) is 19.2 Å². The minimum absolute atomic E-state index is 0.135. The van der Waals surface area contributed by atoms with Gasteiger partial charge in [0.15, 0.2) is 0 Å². The molecule has 3 aromatic rings. The van der Waals surface area contributed by atoms with Crippen LogP contribution >= 0.6 is 0 Å². The van der Waals surface area contributed by atoms with Gasteiger partial charge in [0, 0.05) is 18.5 Å². The van der Waals surface area contributed by atoms with Gasteiger partial charge < -0.3 is 18.8 Å². The van der Waals surface area contributed by atoms with E-state index in [1.807, 2.05) is 19.9 Å². The summed E-state index contributed by atoms with van der Waals surface area (Å²) in [6, 6.07) is 9.59. The normalized spacial score (nSPS) is 19.5. The van der Waals surface area contributed by atoms with E-state index in [1.54, 1.807) is 18.2 Å². The molecule has 0 aliphatic heterocycles. The summed E-state index contributed by atoms with van der Waals surface area (Å²) in [7, 11) is 1.33. The molecular formula is C29H35F3N2O4. The van der Waals surface area contributed by atoms with Gasteiger partial charge in [-0.2, -0.15) is 0 Å². The molecule has 1 fully saturated rings. The SMILES string of the molecule is COC(=O)c1cc2nc(Cc3ccc(OC(F)(F)F)cc3)n(C3C[C@H](C)CC(C)(C)C3)c2cc1OC(C)C. The van der Waals surface area contributed by atoms with Gasteiger partial charge >= 0.3 is 12.3 Å². The van der Waals surface area contributed by atoms with Crippen molar-refractivity contribution < 1.29 is 32.2 Å². The van der Waals surface area contributed by atoms with Gasteiger partial charge in [-0.3, -0.25) is 0 Å². The number of rotatable bonds is 7. The highest BCUT2D eigenvalue weighted by molar-refractivity contribution is 5.97. The molecule has 1 aliphatic rings. The fourth-order valence-electron chi connectivity index (χ4n) is 5.81.